The number of hydrogen-bond acceptors (Lipinski definition) is 2. The van der Waals surface area contributed by atoms with Gasteiger partial charge in [-0.25, -0.2) is 4.79 Å². The zero-order valence-electron chi connectivity index (χ0n) is 6.49. The van der Waals surface area contributed by atoms with Gasteiger partial charge in [-0.05, 0) is 25.8 Å². The Morgan fingerprint density at radius 3 is 2.64 bits per heavy atom. The van der Waals surface area contributed by atoms with Crippen LogP contribution in [-0.4, -0.2) is 35.2 Å². The second-order valence-electron chi connectivity index (χ2n) is 2.85. The molecule has 0 radical (unpaired) electrons. The second-order valence-corrected chi connectivity index (χ2v) is 2.85. The summed E-state index contributed by atoms with van der Waals surface area (Å²) in [6, 6.07) is 0.291. The Bertz CT molecular complexity index is 145. The maximum Gasteiger partial charge on any atom is 0.407 e. The lowest BCUT2D eigenvalue weighted by atomic mass is 10.4. The van der Waals surface area contributed by atoms with Gasteiger partial charge in [0, 0.05) is 12.6 Å². The third kappa shape index (κ3) is 2.38. The summed E-state index contributed by atoms with van der Waals surface area (Å²) in [6.45, 7) is 1.16. The van der Waals surface area contributed by atoms with Crippen molar-refractivity contribution in [2.75, 3.05) is 13.1 Å². The van der Waals surface area contributed by atoms with E-state index in [4.69, 9.17) is 10.8 Å². The van der Waals surface area contributed by atoms with Gasteiger partial charge in [0.1, 0.15) is 0 Å². The van der Waals surface area contributed by atoms with E-state index in [-0.39, 0.29) is 0 Å². The molecule has 0 unspecified atom stereocenters. The van der Waals surface area contributed by atoms with Gasteiger partial charge >= 0.3 is 6.09 Å². The molecular formula is C7H14N2O2. The first-order chi connectivity index (χ1) is 5.25. The molecule has 0 aromatic rings. The molecule has 1 saturated carbocycles. The van der Waals surface area contributed by atoms with E-state index in [9.17, 15) is 4.79 Å². The number of carbonyl (C=O) groups is 1. The molecule has 0 aromatic carbocycles. The Morgan fingerprint density at radius 2 is 2.27 bits per heavy atom. The Kier molecular flexibility index (Phi) is 2.70. The molecule has 64 valence electrons. The molecule has 1 amide bonds. The Hall–Kier alpha value is -0.770. The lowest BCUT2D eigenvalue weighted by Gasteiger charge is -2.17. The smallest absolute Gasteiger partial charge is 0.407 e. The first-order valence-corrected chi connectivity index (χ1v) is 3.95. The molecule has 11 heavy (non-hydrogen) atoms. The van der Waals surface area contributed by atoms with E-state index < -0.39 is 6.09 Å². The van der Waals surface area contributed by atoms with E-state index in [1.54, 1.807) is 0 Å². The molecule has 0 atom stereocenters. The lowest BCUT2D eigenvalue weighted by molar-refractivity contribution is 0.142. The fourth-order valence-corrected chi connectivity index (χ4v) is 1.08. The predicted octanol–water partition coefficient (Wildman–Crippen LogP) is 0.478. The Labute approximate surface area is 66.0 Å². The van der Waals surface area contributed by atoms with Crippen molar-refractivity contribution >= 4 is 6.09 Å². The molecule has 0 saturated heterocycles. The van der Waals surface area contributed by atoms with Crippen LogP contribution in [0.25, 0.3) is 0 Å². The van der Waals surface area contributed by atoms with Crippen LogP contribution in [0.4, 0.5) is 4.79 Å². The van der Waals surface area contributed by atoms with Crippen LogP contribution in [0, 0.1) is 0 Å². The van der Waals surface area contributed by atoms with Crippen molar-refractivity contribution in [1.82, 2.24) is 4.90 Å². The van der Waals surface area contributed by atoms with Crippen molar-refractivity contribution in [3.8, 4) is 0 Å². The molecule has 0 spiro atoms. The highest BCUT2D eigenvalue weighted by molar-refractivity contribution is 5.65. The lowest BCUT2D eigenvalue weighted by Crippen LogP contribution is -2.33. The number of nitrogens with zero attached hydrogens (tertiary/aromatic N) is 1. The largest absolute Gasteiger partial charge is 0.465 e. The van der Waals surface area contributed by atoms with Crippen molar-refractivity contribution in [1.29, 1.82) is 0 Å². The summed E-state index contributed by atoms with van der Waals surface area (Å²) in [6.07, 6.45) is 2.01. The van der Waals surface area contributed by atoms with E-state index in [2.05, 4.69) is 0 Å². The van der Waals surface area contributed by atoms with Crippen LogP contribution in [-0.2, 0) is 0 Å². The van der Waals surface area contributed by atoms with Gasteiger partial charge in [0.15, 0.2) is 0 Å². The van der Waals surface area contributed by atoms with Crippen LogP contribution in [0.1, 0.15) is 19.3 Å². The van der Waals surface area contributed by atoms with Crippen molar-refractivity contribution in [3.05, 3.63) is 0 Å². The molecule has 4 heteroatoms. The van der Waals surface area contributed by atoms with E-state index in [0.29, 0.717) is 19.1 Å². The average Bonchev–Trinajstić information content (AvgIpc) is 2.71. The maximum absolute atomic E-state index is 10.6. The molecular weight excluding hydrogens is 144 g/mol. The molecule has 1 rings (SSSR count). The summed E-state index contributed by atoms with van der Waals surface area (Å²) in [7, 11) is 0. The number of amides is 1. The van der Waals surface area contributed by atoms with Crippen molar-refractivity contribution in [3.63, 3.8) is 0 Å². The summed E-state index contributed by atoms with van der Waals surface area (Å²) >= 11 is 0. The summed E-state index contributed by atoms with van der Waals surface area (Å²) in [5, 5.41) is 8.70. The molecule has 1 aliphatic carbocycles. The third-order valence-electron chi connectivity index (χ3n) is 1.84. The van der Waals surface area contributed by atoms with Crippen LogP contribution in [0.2, 0.25) is 0 Å². The van der Waals surface area contributed by atoms with Gasteiger partial charge in [-0.15, -0.1) is 0 Å². The van der Waals surface area contributed by atoms with Gasteiger partial charge in [0.25, 0.3) is 0 Å². The molecule has 1 aliphatic rings. The Morgan fingerprint density at radius 1 is 1.64 bits per heavy atom. The fraction of sp³-hybridized carbons (Fsp3) is 0.857. The molecule has 0 aromatic heterocycles. The molecule has 4 nitrogen and oxygen atoms in total. The van der Waals surface area contributed by atoms with Gasteiger partial charge in [-0.1, -0.05) is 0 Å². The number of carboxylic acid groups (broad SMARTS) is 1. The van der Waals surface area contributed by atoms with Crippen molar-refractivity contribution in [2.24, 2.45) is 5.73 Å². The molecule has 0 bridgehead atoms. The second kappa shape index (κ2) is 3.57. The molecule has 1 fully saturated rings. The summed E-state index contributed by atoms with van der Waals surface area (Å²) in [5.74, 6) is 0. The first-order valence-electron chi connectivity index (χ1n) is 3.95. The fourth-order valence-electron chi connectivity index (χ4n) is 1.08. The van der Waals surface area contributed by atoms with Crippen molar-refractivity contribution in [2.45, 2.75) is 25.3 Å². The maximum atomic E-state index is 10.6. The summed E-state index contributed by atoms with van der Waals surface area (Å²) < 4.78 is 0. The predicted molar refractivity (Wildman–Crippen MR) is 41.4 cm³/mol. The third-order valence-corrected chi connectivity index (χ3v) is 1.84. The van der Waals surface area contributed by atoms with Crippen LogP contribution in [0.15, 0.2) is 0 Å². The van der Waals surface area contributed by atoms with Crippen LogP contribution >= 0.6 is 0 Å². The highest BCUT2D eigenvalue weighted by Gasteiger charge is 2.31. The molecule has 0 heterocycles. The van der Waals surface area contributed by atoms with E-state index in [1.165, 1.54) is 4.90 Å². The summed E-state index contributed by atoms with van der Waals surface area (Å²) in [5.41, 5.74) is 5.28. The van der Waals surface area contributed by atoms with Crippen LogP contribution < -0.4 is 5.73 Å². The highest BCUT2D eigenvalue weighted by Crippen LogP contribution is 2.26. The van der Waals surface area contributed by atoms with Gasteiger partial charge in [-0.2, -0.15) is 0 Å². The van der Waals surface area contributed by atoms with E-state index >= 15 is 0 Å². The number of hydrogen-bond donors (Lipinski definition) is 2. The standard InChI is InChI=1S/C7H14N2O2/c8-4-1-5-9(7(10)11)6-2-3-6/h6H,1-5,8H2,(H,10,11). The minimum atomic E-state index is -0.805. The van der Waals surface area contributed by atoms with Crippen molar-refractivity contribution < 1.29 is 9.90 Å². The minimum Gasteiger partial charge on any atom is -0.465 e. The zero-order valence-corrected chi connectivity index (χ0v) is 6.49. The quantitative estimate of drug-likeness (QED) is 0.625. The number of rotatable bonds is 4. The SMILES string of the molecule is NCCCN(C(=O)O)C1CC1. The van der Waals surface area contributed by atoms with E-state index in [0.717, 1.165) is 19.3 Å². The van der Waals surface area contributed by atoms with Crippen LogP contribution in [0.5, 0.6) is 0 Å². The van der Waals surface area contributed by atoms with Gasteiger partial charge in [-0.3, -0.25) is 0 Å². The van der Waals surface area contributed by atoms with Gasteiger partial charge < -0.3 is 15.7 Å². The van der Waals surface area contributed by atoms with Gasteiger partial charge in [0.05, 0.1) is 0 Å². The van der Waals surface area contributed by atoms with E-state index in [1.807, 2.05) is 0 Å². The normalized spacial score (nSPS) is 16.5. The average molecular weight is 158 g/mol. The number of nitrogens with two attached hydrogens (primary N) is 1. The topological polar surface area (TPSA) is 66.6 Å². The molecule has 0 aliphatic heterocycles. The summed E-state index contributed by atoms with van der Waals surface area (Å²) in [4.78, 5) is 12.1. The minimum absolute atomic E-state index is 0.291. The zero-order chi connectivity index (χ0) is 8.27. The Balaban J connectivity index is 2.26. The monoisotopic (exact) mass is 158 g/mol. The first kappa shape index (κ1) is 8.33. The molecule has 3 N–H and O–H groups in total. The highest BCUT2D eigenvalue weighted by atomic mass is 16.4. The van der Waals surface area contributed by atoms with Crippen LogP contribution in [0.3, 0.4) is 0 Å². The van der Waals surface area contributed by atoms with Gasteiger partial charge in [0.2, 0.25) is 0 Å².